The van der Waals surface area contributed by atoms with Crippen LogP contribution in [0.2, 0.25) is 0 Å². The first kappa shape index (κ1) is 28.9. The summed E-state index contributed by atoms with van der Waals surface area (Å²) in [6, 6.07) is 5.94. The summed E-state index contributed by atoms with van der Waals surface area (Å²) in [5, 5.41) is 16.3. The number of carbonyl (C=O) groups excluding carboxylic acids is 1. The molecule has 38 heavy (non-hydrogen) atoms. The van der Waals surface area contributed by atoms with Crippen LogP contribution in [0.15, 0.2) is 73.4 Å². The van der Waals surface area contributed by atoms with Crippen molar-refractivity contribution < 1.29 is 9.90 Å². The number of anilines is 2. The van der Waals surface area contributed by atoms with Crippen LogP contribution in [0.25, 0.3) is 5.57 Å². The lowest BCUT2D eigenvalue weighted by Crippen LogP contribution is -2.26. The zero-order chi connectivity index (χ0) is 27.8. The van der Waals surface area contributed by atoms with Gasteiger partial charge >= 0.3 is 0 Å². The van der Waals surface area contributed by atoms with E-state index in [4.69, 9.17) is 5.73 Å². The number of carbonyl (C=O) groups is 1. The molecule has 0 radical (unpaired) electrons. The van der Waals surface area contributed by atoms with Gasteiger partial charge < -0.3 is 21.5 Å². The van der Waals surface area contributed by atoms with Crippen LogP contribution in [0.3, 0.4) is 0 Å². The number of nitrogens with one attached hydrogen (secondary N) is 2. The zero-order valence-corrected chi connectivity index (χ0v) is 23.2. The lowest BCUT2D eigenvalue weighted by Gasteiger charge is -2.27. The molecule has 6 nitrogen and oxygen atoms in total. The maximum atomic E-state index is 12.2. The van der Waals surface area contributed by atoms with E-state index in [0.29, 0.717) is 23.7 Å². The predicted molar refractivity (Wildman–Crippen MR) is 158 cm³/mol. The van der Waals surface area contributed by atoms with E-state index >= 15 is 0 Å². The minimum absolute atomic E-state index is 0.0538. The highest BCUT2D eigenvalue weighted by molar-refractivity contribution is 5.82. The summed E-state index contributed by atoms with van der Waals surface area (Å²) >= 11 is 0. The number of hydrogen-bond acceptors (Lipinski definition) is 5. The summed E-state index contributed by atoms with van der Waals surface area (Å²) in [5.41, 5.74) is 14.8. The summed E-state index contributed by atoms with van der Waals surface area (Å²) in [6.07, 6.45) is 13.4. The molecular formula is C32H42N4O2. The Labute approximate surface area is 227 Å². The van der Waals surface area contributed by atoms with Crippen molar-refractivity contribution >= 4 is 22.9 Å². The number of benzene rings is 1. The molecule has 0 aliphatic heterocycles. The van der Waals surface area contributed by atoms with Crippen molar-refractivity contribution in [2.45, 2.75) is 71.8 Å². The molecule has 1 aromatic carbocycles. The van der Waals surface area contributed by atoms with Gasteiger partial charge in [0.1, 0.15) is 0 Å². The Hall–Kier alpha value is -3.64. The third-order valence-electron chi connectivity index (χ3n) is 7.22. The lowest BCUT2D eigenvalue weighted by atomic mass is 9.81. The molecule has 6 heteroatoms. The Kier molecular flexibility index (Phi) is 10.1. The van der Waals surface area contributed by atoms with E-state index in [9.17, 15) is 9.90 Å². The number of aliphatic hydroxyl groups excluding tert-OH is 1. The summed E-state index contributed by atoms with van der Waals surface area (Å²) in [6.45, 7) is 15.9. The number of aliphatic hydroxyl groups is 1. The first-order valence-electron chi connectivity index (χ1n) is 13.4. The summed E-state index contributed by atoms with van der Waals surface area (Å²) in [7, 11) is 0. The number of hydrogen-bond donors (Lipinski definition) is 4. The lowest BCUT2D eigenvalue weighted by molar-refractivity contribution is -0.123. The number of allylic oxidation sites excluding steroid dienone is 5. The normalized spacial score (nSPS) is 18.3. The average molecular weight is 515 g/mol. The van der Waals surface area contributed by atoms with Gasteiger partial charge in [-0.1, -0.05) is 39.1 Å². The van der Waals surface area contributed by atoms with Gasteiger partial charge in [0.25, 0.3) is 0 Å². The maximum Gasteiger partial charge on any atom is 0.226 e. The molecule has 0 saturated heterocycles. The topological polar surface area (TPSA) is 100 Å². The summed E-state index contributed by atoms with van der Waals surface area (Å²) in [5.74, 6) is 0.248. The summed E-state index contributed by atoms with van der Waals surface area (Å²) < 4.78 is 0. The monoisotopic (exact) mass is 514 g/mol. The average Bonchev–Trinajstić information content (AvgIpc) is 2.89. The third-order valence-corrected chi connectivity index (χ3v) is 7.22. The molecule has 1 aliphatic rings. The summed E-state index contributed by atoms with van der Waals surface area (Å²) in [4.78, 5) is 16.7. The van der Waals surface area contributed by atoms with Crippen molar-refractivity contribution in [1.82, 2.24) is 10.3 Å². The Morgan fingerprint density at radius 3 is 2.58 bits per heavy atom. The molecule has 0 atom stereocenters. The molecule has 202 valence electrons. The second-order valence-electron chi connectivity index (χ2n) is 10.4. The van der Waals surface area contributed by atoms with Crippen molar-refractivity contribution in [3.63, 3.8) is 0 Å². The van der Waals surface area contributed by atoms with Crippen LogP contribution >= 0.6 is 0 Å². The third kappa shape index (κ3) is 7.45. The largest absolute Gasteiger partial charge is 0.398 e. The van der Waals surface area contributed by atoms with E-state index in [1.54, 1.807) is 6.08 Å². The molecule has 5 N–H and O–H groups in total. The van der Waals surface area contributed by atoms with Gasteiger partial charge in [0.2, 0.25) is 5.91 Å². The molecule has 0 bridgehead atoms. The van der Waals surface area contributed by atoms with Crippen molar-refractivity contribution in [2.75, 3.05) is 11.1 Å². The highest BCUT2D eigenvalue weighted by atomic mass is 16.3. The van der Waals surface area contributed by atoms with Gasteiger partial charge in [-0.15, -0.1) is 0 Å². The Morgan fingerprint density at radius 2 is 1.95 bits per heavy atom. The van der Waals surface area contributed by atoms with Gasteiger partial charge in [-0.2, -0.15) is 0 Å². The molecular weight excluding hydrogens is 472 g/mol. The molecule has 0 unspecified atom stereocenters. The van der Waals surface area contributed by atoms with E-state index < -0.39 is 0 Å². The molecule has 1 saturated carbocycles. The minimum Gasteiger partial charge on any atom is -0.398 e. The van der Waals surface area contributed by atoms with Crippen LogP contribution in [0.1, 0.15) is 74.6 Å². The molecule has 3 rings (SSSR count). The molecule has 1 aromatic heterocycles. The number of nitrogens with two attached hydrogens (primary N) is 1. The van der Waals surface area contributed by atoms with Crippen LogP contribution in [-0.2, 0) is 11.2 Å². The second kappa shape index (κ2) is 13.2. The highest BCUT2D eigenvalue weighted by Gasteiger charge is 2.23. The van der Waals surface area contributed by atoms with Gasteiger partial charge in [-0.3, -0.25) is 9.78 Å². The molecule has 1 heterocycles. The van der Waals surface area contributed by atoms with E-state index in [-0.39, 0.29) is 17.9 Å². The predicted octanol–water partition coefficient (Wildman–Crippen LogP) is 6.40. The fourth-order valence-corrected chi connectivity index (χ4v) is 4.80. The van der Waals surface area contributed by atoms with Crippen LogP contribution in [0.4, 0.5) is 11.4 Å². The van der Waals surface area contributed by atoms with Crippen molar-refractivity contribution in [1.29, 1.82) is 0 Å². The number of aromatic nitrogens is 1. The van der Waals surface area contributed by atoms with Gasteiger partial charge in [0.05, 0.1) is 18.0 Å². The number of nitrogens with zero attached hydrogens (tertiary/aromatic N) is 1. The van der Waals surface area contributed by atoms with Crippen LogP contribution in [0, 0.1) is 12.8 Å². The molecule has 1 aliphatic carbocycles. The quantitative estimate of drug-likeness (QED) is 0.217. The standard InChI is InChI=1S/C32H42N4O2/c1-7-23(17-27(8-2)36-32(38)20(3)4)25-11-14-30(33)26(16-25)15-21(5)35-31-19-34-18-29(22(31)6)24-9-12-28(37)13-10-24/h7-8,11,14,16-20,24,28,35,37H,2,5,9-10,12-13,15,33H2,1,3-4,6H3,(H,36,38)/b23-7+,27-17+. The zero-order valence-electron chi connectivity index (χ0n) is 23.2. The van der Waals surface area contributed by atoms with Crippen molar-refractivity contribution in [3.05, 3.63) is 95.6 Å². The number of nitrogen functional groups attached to an aromatic ring is 1. The molecule has 1 fully saturated rings. The second-order valence-corrected chi connectivity index (χ2v) is 10.4. The Morgan fingerprint density at radius 1 is 1.24 bits per heavy atom. The minimum atomic E-state index is -0.178. The van der Waals surface area contributed by atoms with Gasteiger partial charge in [0.15, 0.2) is 0 Å². The fourth-order valence-electron chi connectivity index (χ4n) is 4.80. The van der Waals surface area contributed by atoms with Crippen molar-refractivity contribution in [3.8, 4) is 0 Å². The Bertz CT molecular complexity index is 1230. The van der Waals surface area contributed by atoms with E-state index in [1.165, 1.54) is 11.1 Å². The number of pyridine rings is 1. The fraction of sp³-hybridized carbons (Fsp3) is 0.375. The van der Waals surface area contributed by atoms with E-state index in [2.05, 4.69) is 41.8 Å². The smallest absolute Gasteiger partial charge is 0.226 e. The van der Waals surface area contributed by atoms with E-state index in [0.717, 1.165) is 53.8 Å². The maximum absolute atomic E-state index is 12.2. The molecule has 0 spiro atoms. The van der Waals surface area contributed by atoms with E-state index in [1.807, 2.05) is 57.4 Å². The van der Waals surface area contributed by atoms with Crippen LogP contribution in [0.5, 0.6) is 0 Å². The first-order chi connectivity index (χ1) is 18.1. The van der Waals surface area contributed by atoms with Crippen LogP contribution in [-0.4, -0.2) is 22.1 Å². The number of rotatable bonds is 10. The van der Waals surface area contributed by atoms with Crippen molar-refractivity contribution in [2.24, 2.45) is 5.92 Å². The molecule has 2 aromatic rings. The van der Waals surface area contributed by atoms with Gasteiger partial charge in [-0.05, 0) is 97.6 Å². The highest BCUT2D eigenvalue weighted by Crippen LogP contribution is 2.36. The Balaban J connectivity index is 1.76. The molecule has 1 amide bonds. The SMILES string of the molecule is C=C/C(=C\C(=C/C)c1ccc(N)c(CC(=C)Nc2cncc(C3CCC(O)CC3)c2C)c1)NC(=O)C(C)C. The van der Waals surface area contributed by atoms with Crippen LogP contribution < -0.4 is 16.4 Å². The van der Waals surface area contributed by atoms with Gasteiger partial charge in [0, 0.05) is 35.6 Å². The van der Waals surface area contributed by atoms with Gasteiger partial charge in [-0.25, -0.2) is 0 Å². The number of amides is 1. The first-order valence-corrected chi connectivity index (χ1v) is 13.4.